The van der Waals surface area contributed by atoms with Crippen LogP contribution in [0.2, 0.25) is 5.02 Å². The number of hydrogen-bond acceptors (Lipinski definition) is 2. The van der Waals surface area contributed by atoms with Gasteiger partial charge in [-0.2, -0.15) is 0 Å². The topological polar surface area (TPSA) is 21.1 Å². The summed E-state index contributed by atoms with van der Waals surface area (Å²) in [4.78, 5) is 7.45. The minimum absolute atomic E-state index is 0.508. The van der Waals surface area contributed by atoms with Gasteiger partial charge in [-0.3, -0.25) is 9.88 Å². The summed E-state index contributed by atoms with van der Waals surface area (Å²) in [6, 6.07) is 21.2. The zero-order chi connectivity index (χ0) is 21.2. The van der Waals surface area contributed by atoms with Crippen LogP contribution < -0.4 is 0 Å². The van der Waals surface area contributed by atoms with Crippen LogP contribution in [0, 0.1) is 0 Å². The molecule has 0 saturated carbocycles. The largest absolute Gasteiger partial charge is 0.350 e. The molecule has 0 aliphatic carbocycles. The molecule has 1 aliphatic heterocycles. The predicted molar refractivity (Wildman–Crippen MR) is 129 cm³/mol. The molecular weight excluding hydrogens is 402 g/mol. The fraction of sp³-hybridized carbons (Fsp3) is 0.296. The Morgan fingerprint density at radius 1 is 1.00 bits per heavy atom. The number of aromatic nitrogens is 2. The molecule has 0 spiro atoms. The van der Waals surface area contributed by atoms with Gasteiger partial charge >= 0.3 is 0 Å². The van der Waals surface area contributed by atoms with Crippen LogP contribution >= 0.6 is 11.6 Å². The lowest BCUT2D eigenvalue weighted by atomic mass is 9.93. The Morgan fingerprint density at radius 3 is 2.61 bits per heavy atom. The van der Waals surface area contributed by atoms with E-state index < -0.39 is 0 Å². The Morgan fingerprint density at radius 2 is 1.81 bits per heavy atom. The van der Waals surface area contributed by atoms with Gasteiger partial charge in [0, 0.05) is 60.1 Å². The van der Waals surface area contributed by atoms with Gasteiger partial charge in [0.1, 0.15) is 0 Å². The maximum atomic E-state index is 6.00. The minimum atomic E-state index is 0.508. The first-order valence-electron chi connectivity index (χ1n) is 11.1. The summed E-state index contributed by atoms with van der Waals surface area (Å²) < 4.78 is 2.24. The highest BCUT2D eigenvalue weighted by Gasteiger charge is 2.23. The first-order valence-corrected chi connectivity index (χ1v) is 11.5. The molecule has 0 N–H and O–H groups in total. The third-order valence-corrected chi connectivity index (χ3v) is 6.72. The van der Waals surface area contributed by atoms with E-state index in [-0.39, 0.29) is 0 Å². The molecule has 3 nitrogen and oxygen atoms in total. The average Bonchev–Trinajstić information content (AvgIpc) is 3.11. The van der Waals surface area contributed by atoms with Gasteiger partial charge in [-0.25, -0.2) is 0 Å². The molecule has 1 atom stereocenters. The van der Waals surface area contributed by atoms with Gasteiger partial charge in [-0.05, 0) is 66.8 Å². The van der Waals surface area contributed by atoms with Crippen LogP contribution in [-0.4, -0.2) is 27.5 Å². The number of hydrogen-bond donors (Lipinski definition) is 0. The third-order valence-electron chi connectivity index (χ3n) is 6.47. The molecule has 0 radical (unpaired) electrons. The molecule has 0 amide bonds. The van der Waals surface area contributed by atoms with Crippen LogP contribution in [0.1, 0.15) is 41.1 Å². The lowest BCUT2D eigenvalue weighted by Crippen LogP contribution is -2.34. The first kappa shape index (κ1) is 20.3. The SMILES string of the molecule is Cn1cc(CN2CCC[C@H](c3ccc(Cc4ccc(Cl)cc4)cn3)C2)c2ccccc21. The maximum Gasteiger partial charge on any atom is 0.0481 e. The number of pyridine rings is 1. The van der Waals surface area contributed by atoms with Crippen LogP contribution in [0.25, 0.3) is 10.9 Å². The summed E-state index contributed by atoms with van der Waals surface area (Å²) in [5.74, 6) is 0.508. The van der Waals surface area contributed by atoms with E-state index in [1.807, 2.05) is 18.3 Å². The van der Waals surface area contributed by atoms with Gasteiger partial charge < -0.3 is 4.57 Å². The molecule has 1 fully saturated rings. The molecule has 2 aromatic heterocycles. The molecular formula is C27H28ClN3. The Balaban J connectivity index is 1.26. The second-order valence-corrected chi connectivity index (χ2v) is 9.19. The van der Waals surface area contributed by atoms with E-state index in [9.17, 15) is 0 Å². The molecule has 4 heteroatoms. The Hall–Kier alpha value is -2.62. The first-order chi connectivity index (χ1) is 15.2. The van der Waals surface area contributed by atoms with E-state index in [1.54, 1.807) is 0 Å². The second-order valence-electron chi connectivity index (χ2n) is 8.75. The van der Waals surface area contributed by atoms with E-state index >= 15 is 0 Å². The molecule has 0 unspecified atom stereocenters. The maximum absolute atomic E-state index is 6.00. The summed E-state index contributed by atoms with van der Waals surface area (Å²) in [5.41, 5.74) is 6.46. The summed E-state index contributed by atoms with van der Waals surface area (Å²) >= 11 is 6.00. The van der Waals surface area contributed by atoms with E-state index in [4.69, 9.17) is 16.6 Å². The lowest BCUT2D eigenvalue weighted by Gasteiger charge is -2.32. The molecule has 3 heterocycles. The molecule has 0 bridgehead atoms. The lowest BCUT2D eigenvalue weighted by molar-refractivity contribution is 0.199. The third kappa shape index (κ3) is 4.53. The number of nitrogens with zero attached hydrogens (tertiary/aromatic N) is 3. The summed E-state index contributed by atoms with van der Waals surface area (Å²) in [5, 5.41) is 2.15. The van der Waals surface area contributed by atoms with Gasteiger partial charge in [0.05, 0.1) is 0 Å². The second kappa shape index (κ2) is 8.86. The van der Waals surface area contributed by atoms with Gasteiger partial charge in [0.2, 0.25) is 0 Å². The smallest absolute Gasteiger partial charge is 0.0481 e. The Labute approximate surface area is 189 Å². The van der Waals surface area contributed by atoms with E-state index in [0.29, 0.717) is 5.92 Å². The molecule has 158 valence electrons. The van der Waals surface area contributed by atoms with Gasteiger partial charge in [-0.1, -0.05) is 48.0 Å². The molecule has 1 saturated heterocycles. The van der Waals surface area contributed by atoms with Crippen molar-refractivity contribution in [1.82, 2.24) is 14.5 Å². The monoisotopic (exact) mass is 429 g/mol. The van der Waals surface area contributed by atoms with Crippen molar-refractivity contribution in [3.8, 4) is 0 Å². The summed E-state index contributed by atoms with van der Waals surface area (Å²) in [6.45, 7) is 3.24. The molecule has 2 aromatic carbocycles. The number of halogens is 1. The zero-order valence-electron chi connectivity index (χ0n) is 18.0. The van der Waals surface area contributed by atoms with Gasteiger partial charge in [0.25, 0.3) is 0 Å². The van der Waals surface area contributed by atoms with Crippen LogP contribution in [-0.2, 0) is 20.0 Å². The van der Waals surface area contributed by atoms with Crippen LogP contribution in [0.4, 0.5) is 0 Å². The Bertz CT molecular complexity index is 1160. The average molecular weight is 430 g/mol. The molecule has 4 aromatic rings. The molecule has 31 heavy (non-hydrogen) atoms. The highest BCUT2D eigenvalue weighted by molar-refractivity contribution is 6.30. The molecule has 5 rings (SSSR count). The van der Waals surface area contributed by atoms with E-state index in [2.05, 4.69) is 71.2 Å². The number of benzene rings is 2. The van der Waals surface area contributed by atoms with Gasteiger partial charge in [-0.15, -0.1) is 0 Å². The van der Waals surface area contributed by atoms with Crippen LogP contribution in [0.5, 0.6) is 0 Å². The quantitative estimate of drug-likeness (QED) is 0.376. The highest BCUT2D eigenvalue weighted by Crippen LogP contribution is 2.29. The summed E-state index contributed by atoms with van der Waals surface area (Å²) in [6.07, 6.45) is 7.67. The number of piperidine rings is 1. The number of aryl methyl sites for hydroxylation is 1. The standard InChI is InChI=1S/C27H28ClN3/c1-30-17-23(25-6-2-3-7-27(25)30)19-31-14-4-5-22(18-31)26-13-10-21(16-29-26)15-20-8-11-24(28)12-9-20/h2-3,6-13,16-17,22H,4-5,14-15,18-19H2,1H3/t22-/m0/s1. The van der Waals surface area contributed by atoms with Crippen molar-refractivity contribution in [2.24, 2.45) is 7.05 Å². The summed E-state index contributed by atoms with van der Waals surface area (Å²) in [7, 11) is 2.14. The Kier molecular flexibility index (Phi) is 5.80. The van der Waals surface area contributed by atoms with Crippen molar-refractivity contribution in [3.05, 3.63) is 100 Å². The van der Waals surface area contributed by atoms with Crippen LogP contribution in [0.3, 0.4) is 0 Å². The normalized spacial score (nSPS) is 17.3. The number of fused-ring (bicyclic) bond motifs is 1. The highest BCUT2D eigenvalue weighted by atomic mass is 35.5. The van der Waals surface area contributed by atoms with E-state index in [1.165, 1.54) is 46.1 Å². The van der Waals surface area contributed by atoms with Crippen LogP contribution in [0.15, 0.2) is 73.1 Å². The van der Waals surface area contributed by atoms with Gasteiger partial charge in [0.15, 0.2) is 0 Å². The molecule has 1 aliphatic rings. The predicted octanol–water partition coefficient (Wildman–Crippen LogP) is 6.20. The fourth-order valence-electron chi connectivity index (χ4n) is 4.85. The van der Waals surface area contributed by atoms with Crippen molar-refractivity contribution < 1.29 is 0 Å². The van der Waals surface area contributed by atoms with Crippen molar-refractivity contribution in [1.29, 1.82) is 0 Å². The number of likely N-dealkylation sites (tertiary alicyclic amines) is 1. The zero-order valence-corrected chi connectivity index (χ0v) is 18.7. The fourth-order valence-corrected chi connectivity index (χ4v) is 4.98. The van der Waals surface area contributed by atoms with Crippen molar-refractivity contribution >= 4 is 22.5 Å². The van der Waals surface area contributed by atoms with Crippen molar-refractivity contribution in [2.75, 3.05) is 13.1 Å². The van der Waals surface area contributed by atoms with Crippen molar-refractivity contribution in [2.45, 2.75) is 31.7 Å². The van der Waals surface area contributed by atoms with E-state index in [0.717, 1.165) is 31.1 Å². The van der Waals surface area contributed by atoms with Crippen molar-refractivity contribution in [3.63, 3.8) is 0 Å². The number of para-hydroxylation sites is 1. The minimum Gasteiger partial charge on any atom is -0.350 e. The number of rotatable bonds is 5.